The Balaban J connectivity index is 2.45. The molecular formula is C14H23NO. The fourth-order valence-electron chi connectivity index (χ4n) is 1.45. The Morgan fingerprint density at radius 2 is 1.75 bits per heavy atom. The highest BCUT2D eigenvalue weighted by Crippen LogP contribution is 2.19. The first-order chi connectivity index (χ1) is 7.41. The zero-order valence-electron chi connectivity index (χ0n) is 10.7. The van der Waals surface area contributed by atoms with E-state index in [-0.39, 0.29) is 17.6 Å². The Morgan fingerprint density at radius 3 is 2.25 bits per heavy atom. The summed E-state index contributed by atoms with van der Waals surface area (Å²) in [6.45, 7) is 8.88. The minimum Gasteiger partial charge on any atom is -0.391 e. The summed E-state index contributed by atoms with van der Waals surface area (Å²) in [5.74, 6) is 0. The predicted octanol–water partition coefficient (Wildman–Crippen LogP) is 2.74. The van der Waals surface area contributed by atoms with Crippen LogP contribution in [-0.4, -0.2) is 17.8 Å². The molecule has 2 atom stereocenters. The van der Waals surface area contributed by atoms with Crippen LogP contribution in [0.25, 0.3) is 0 Å². The lowest BCUT2D eigenvalue weighted by Crippen LogP contribution is -2.37. The van der Waals surface area contributed by atoms with E-state index in [0.717, 1.165) is 0 Å². The summed E-state index contributed by atoms with van der Waals surface area (Å²) in [7, 11) is 0. The Bertz CT molecular complexity index is 302. The number of benzene rings is 1. The molecule has 1 aromatic rings. The predicted molar refractivity (Wildman–Crippen MR) is 68.3 cm³/mol. The van der Waals surface area contributed by atoms with Gasteiger partial charge in [0, 0.05) is 12.6 Å². The maximum absolute atomic E-state index is 9.92. The number of nitrogens with one attached hydrogen (secondary N) is 1. The number of hydrogen-bond donors (Lipinski definition) is 2. The van der Waals surface area contributed by atoms with Crippen LogP contribution >= 0.6 is 0 Å². The summed E-state index contributed by atoms with van der Waals surface area (Å²) < 4.78 is 0. The van der Waals surface area contributed by atoms with Crippen molar-refractivity contribution in [2.75, 3.05) is 6.54 Å². The van der Waals surface area contributed by atoms with Gasteiger partial charge in [0.15, 0.2) is 0 Å². The summed E-state index contributed by atoms with van der Waals surface area (Å²) in [4.78, 5) is 0. The molecule has 0 aliphatic carbocycles. The van der Waals surface area contributed by atoms with Gasteiger partial charge in [0.05, 0.1) is 6.10 Å². The summed E-state index contributed by atoms with van der Waals surface area (Å²) in [5, 5.41) is 13.3. The second kappa shape index (κ2) is 5.46. The molecular weight excluding hydrogens is 198 g/mol. The fourth-order valence-corrected chi connectivity index (χ4v) is 1.45. The van der Waals surface area contributed by atoms with Crippen LogP contribution in [0.3, 0.4) is 0 Å². The van der Waals surface area contributed by atoms with Gasteiger partial charge in [-0.3, -0.25) is 0 Å². The van der Waals surface area contributed by atoms with Crippen molar-refractivity contribution < 1.29 is 5.11 Å². The molecule has 0 fully saturated rings. The van der Waals surface area contributed by atoms with Crippen molar-refractivity contribution in [2.45, 2.75) is 39.8 Å². The first-order valence-electron chi connectivity index (χ1n) is 5.87. The molecule has 0 spiro atoms. The van der Waals surface area contributed by atoms with Gasteiger partial charge in [0.25, 0.3) is 0 Å². The third-order valence-electron chi connectivity index (χ3n) is 2.92. The van der Waals surface area contributed by atoms with Crippen molar-refractivity contribution >= 4 is 0 Å². The topological polar surface area (TPSA) is 32.3 Å². The largest absolute Gasteiger partial charge is 0.391 e. The fraction of sp³-hybridized carbons (Fsp3) is 0.571. The molecule has 2 unspecified atom stereocenters. The molecule has 0 bridgehead atoms. The molecule has 1 rings (SSSR count). The second-order valence-electron chi connectivity index (χ2n) is 5.42. The highest BCUT2D eigenvalue weighted by molar-refractivity contribution is 5.18. The molecule has 0 aliphatic rings. The third-order valence-corrected chi connectivity index (χ3v) is 2.92. The maximum atomic E-state index is 9.92. The van der Waals surface area contributed by atoms with E-state index in [1.807, 2.05) is 39.0 Å². The summed E-state index contributed by atoms with van der Waals surface area (Å²) >= 11 is 0. The van der Waals surface area contributed by atoms with Crippen LogP contribution in [0, 0.1) is 5.41 Å². The highest BCUT2D eigenvalue weighted by Gasteiger charge is 2.22. The Labute approximate surface area is 98.7 Å². The van der Waals surface area contributed by atoms with E-state index in [4.69, 9.17) is 0 Å². The van der Waals surface area contributed by atoms with Crippen LogP contribution in [0.15, 0.2) is 30.3 Å². The van der Waals surface area contributed by atoms with Gasteiger partial charge in [-0.1, -0.05) is 51.1 Å². The van der Waals surface area contributed by atoms with E-state index in [9.17, 15) is 5.11 Å². The molecule has 2 nitrogen and oxygen atoms in total. The minimum absolute atomic E-state index is 0.0661. The molecule has 16 heavy (non-hydrogen) atoms. The van der Waals surface area contributed by atoms with Crippen LogP contribution in [0.1, 0.15) is 39.3 Å². The summed E-state index contributed by atoms with van der Waals surface area (Å²) in [6, 6.07) is 10.6. The zero-order chi connectivity index (χ0) is 12.2. The Hall–Kier alpha value is -0.860. The number of rotatable bonds is 4. The summed E-state index contributed by atoms with van der Waals surface area (Å²) in [5.41, 5.74) is 1.19. The first-order valence-corrected chi connectivity index (χ1v) is 5.87. The molecule has 2 N–H and O–H groups in total. The molecule has 0 saturated carbocycles. The van der Waals surface area contributed by atoms with Crippen LogP contribution in [0.4, 0.5) is 0 Å². The molecule has 90 valence electrons. The number of aliphatic hydroxyl groups excluding tert-OH is 1. The van der Waals surface area contributed by atoms with Gasteiger partial charge in [-0.2, -0.15) is 0 Å². The van der Waals surface area contributed by atoms with E-state index < -0.39 is 0 Å². The number of aliphatic hydroxyl groups is 1. The maximum Gasteiger partial charge on any atom is 0.0712 e. The second-order valence-corrected chi connectivity index (χ2v) is 5.42. The molecule has 0 aliphatic heterocycles. The molecule has 0 radical (unpaired) electrons. The van der Waals surface area contributed by atoms with E-state index >= 15 is 0 Å². The zero-order valence-corrected chi connectivity index (χ0v) is 10.7. The molecule has 0 amide bonds. The first kappa shape index (κ1) is 13.2. The van der Waals surface area contributed by atoms with Gasteiger partial charge in [0.1, 0.15) is 0 Å². The van der Waals surface area contributed by atoms with E-state index in [1.165, 1.54) is 5.56 Å². The normalized spacial score (nSPS) is 15.8. The van der Waals surface area contributed by atoms with Gasteiger partial charge in [-0.05, 0) is 17.9 Å². The van der Waals surface area contributed by atoms with Crippen LogP contribution in [0.2, 0.25) is 0 Å². The van der Waals surface area contributed by atoms with E-state index in [2.05, 4.69) is 24.4 Å². The molecule has 0 aromatic heterocycles. The average Bonchev–Trinajstić information content (AvgIpc) is 2.25. The molecule has 0 heterocycles. The standard InChI is InChI=1S/C14H23NO/c1-11(12-8-6-5-7-9-12)15-10-13(16)14(2,3)4/h5-9,11,13,15-16H,10H2,1-4H3. The molecule has 1 aromatic carbocycles. The summed E-state index contributed by atoms with van der Waals surface area (Å²) in [6.07, 6.45) is -0.321. The molecule has 2 heteroatoms. The SMILES string of the molecule is CC(NCC(O)C(C)(C)C)c1ccccc1. The molecule has 0 saturated heterocycles. The van der Waals surface area contributed by atoms with Crippen molar-refractivity contribution in [2.24, 2.45) is 5.41 Å². The lowest BCUT2D eigenvalue weighted by atomic mass is 9.89. The average molecular weight is 221 g/mol. The minimum atomic E-state index is -0.321. The van der Waals surface area contributed by atoms with Gasteiger partial charge >= 0.3 is 0 Å². The van der Waals surface area contributed by atoms with Crippen LogP contribution in [0.5, 0.6) is 0 Å². The van der Waals surface area contributed by atoms with Crippen LogP contribution < -0.4 is 5.32 Å². The smallest absolute Gasteiger partial charge is 0.0712 e. The van der Waals surface area contributed by atoms with Gasteiger partial charge < -0.3 is 10.4 Å². The van der Waals surface area contributed by atoms with E-state index in [1.54, 1.807) is 0 Å². The van der Waals surface area contributed by atoms with Crippen molar-refractivity contribution in [3.8, 4) is 0 Å². The third kappa shape index (κ3) is 3.95. The lowest BCUT2D eigenvalue weighted by molar-refractivity contribution is 0.0609. The van der Waals surface area contributed by atoms with Gasteiger partial charge in [-0.15, -0.1) is 0 Å². The van der Waals surface area contributed by atoms with Crippen molar-refractivity contribution in [1.82, 2.24) is 5.32 Å². The van der Waals surface area contributed by atoms with Crippen molar-refractivity contribution in [1.29, 1.82) is 0 Å². The van der Waals surface area contributed by atoms with Gasteiger partial charge in [0.2, 0.25) is 0 Å². The Kier molecular flexibility index (Phi) is 4.51. The Morgan fingerprint density at radius 1 is 1.19 bits per heavy atom. The monoisotopic (exact) mass is 221 g/mol. The van der Waals surface area contributed by atoms with Crippen LogP contribution in [-0.2, 0) is 0 Å². The lowest BCUT2D eigenvalue weighted by Gasteiger charge is -2.27. The quantitative estimate of drug-likeness (QED) is 0.819. The van der Waals surface area contributed by atoms with Crippen molar-refractivity contribution in [3.63, 3.8) is 0 Å². The van der Waals surface area contributed by atoms with Crippen molar-refractivity contribution in [3.05, 3.63) is 35.9 Å². The number of hydrogen-bond acceptors (Lipinski definition) is 2. The highest BCUT2D eigenvalue weighted by atomic mass is 16.3. The van der Waals surface area contributed by atoms with Gasteiger partial charge in [-0.25, -0.2) is 0 Å². The van der Waals surface area contributed by atoms with E-state index in [0.29, 0.717) is 6.54 Å².